The summed E-state index contributed by atoms with van der Waals surface area (Å²) in [6, 6.07) is 8.94. The molecule has 0 radical (unpaired) electrons. The van der Waals surface area contributed by atoms with Gasteiger partial charge in [-0.1, -0.05) is 0 Å². The van der Waals surface area contributed by atoms with Crippen LogP contribution in [-0.4, -0.2) is 39.0 Å². The summed E-state index contributed by atoms with van der Waals surface area (Å²) < 4.78 is 51.8. The summed E-state index contributed by atoms with van der Waals surface area (Å²) in [6.45, 7) is 0.534. The van der Waals surface area contributed by atoms with Crippen molar-refractivity contribution in [2.45, 2.75) is 6.42 Å². The molecule has 0 amide bonds. The number of nitrogens with one attached hydrogen (secondary N) is 1. The molecule has 2 aromatic carbocycles. The molecule has 0 spiro atoms. The van der Waals surface area contributed by atoms with Gasteiger partial charge in [0.15, 0.2) is 5.82 Å². The summed E-state index contributed by atoms with van der Waals surface area (Å²) in [5.41, 5.74) is 1.40. The highest BCUT2D eigenvalue weighted by Crippen LogP contribution is 2.32. The van der Waals surface area contributed by atoms with Gasteiger partial charge in [0.25, 0.3) is 0 Å². The van der Waals surface area contributed by atoms with Gasteiger partial charge in [0.2, 0.25) is 5.95 Å². The second-order valence-electron chi connectivity index (χ2n) is 7.08. The van der Waals surface area contributed by atoms with Crippen LogP contribution in [0.1, 0.15) is 12.0 Å². The van der Waals surface area contributed by atoms with Gasteiger partial charge in [0.05, 0.1) is 19.4 Å². The summed E-state index contributed by atoms with van der Waals surface area (Å²) in [6.07, 6.45) is 2.94. The first-order valence-electron chi connectivity index (χ1n) is 9.39. The van der Waals surface area contributed by atoms with E-state index in [-0.39, 0.29) is 24.0 Å². The third-order valence-electron chi connectivity index (χ3n) is 4.31. The molecule has 4 bridgehead atoms. The Bertz CT molecular complexity index is 1250. The Morgan fingerprint density at radius 2 is 1.97 bits per heavy atom. The van der Waals surface area contributed by atoms with Gasteiger partial charge in [-0.2, -0.15) is 0 Å². The summed E-state index contributed by atoms with van der Waals surface area (Å²) >= 11 is 0. The molecule has 2 heterocycles. The molecule has 1 aliphatic heterocycles. The van der Waals surface area contributed by atoms with E-state index in [0.717, 1.165) is 6.20 Å². The van der Waals surface area contributed by atoms with Crippen LogP contribution in [-0.2, 0) is 9.71 Å². The smallest absolute Gasteiger partial charge is 0.227 e. The molecule has 1 aromatic heterocycles. The highest BCUT2D eigenvalue weighted by Gasteiger charge is 2.16. The third kappa shape index (κ3) is 5.28. The van der Waals surface area contributed by atoms with E-state index in [4.69, 9.17) is 14.6 Å². The SMILES string of the molecule is CS(N)(=O)=Cc1cc2cc(c1)OCCCOc1cc(F)ccc1-c1nc(ncc1F)N2. The number of anilines is 2. The van der Waals surface area contributed by atoms with E-state index in [0.29, 0.717) is 35.6 Å². The Kier molecular flexibility index (Phi) is 5.75. The van der Waals surface area contributed by atoms with Gasteiger partial charge >= 0.3 is 0 Å². The van der Waals surface area contributed by atoms with Gasteiger partial charge in [-0.25, -0.2) is 18.7 Å². The maximum absolute atomic E-state index is 14.5. The van der Waals surface area contributed by atoms with Crippen molar-refractivity contribution in [2.75, 3.05) is 24.8 Å². The molecule has 1 unspecified atom stereocenters. The quantitative estimate of drug-likeness (QED) is 0.557. The summed E-state index contributed by atoms with van der Waals surface area (Å²) in [4.78, 5) is 8.24. The van der Waals surface area contributed by atoms with Gasteiger partial charge in [-0.05, 0) is 29.8 Å². The molecule has 7 nitrogen and oxygen atoms in total. The molecule has 4 rings (SSSR count). The lowest BCUT2D eigenvalue weighted by atomic mass is 10.1. The number of fused-ring (bicyclic) bond motifs is 6. The Morgan fingerprint density at radius 3 is 2.77 bits per heavy atom. The molecule has 3 N–H and O–H groups in total. The van der Waals surface area contributed by atoms with E-state index >= 15 is 0 Å². The number of benzene rings is 2. The van der Waals surface area contributed by atoms with E-state index in [2.05, 4.69) is 15.3 Å². The second-order valence-corrected chi connectivity index (χ2v) is 9.25. The lowest BCUT2D eigenvalue weighted by Gasteiger charge is -2.15. The average Bonchev–Trinajstić information content (AvgIpc) is 2.67. The Balaban J connectivity index is 1.83. The molecule has 10 heteroatoms. The zero-order valence-electron chi connectivity index (χ0n) is 16.6. The predicted molar refractivity (Wildman–Crippen MR) is 116 cm³/mol. The zero-order valence-corrected chi connectivity index (χ0v) is 17.4. The molecular formula is C21H20F2N4O3S. The summed E-state index contributed by atoms with van der Waals surface area (Å²) in [5, 5.41) is 10.1. The van der Waals surface area contributed by atoms with Crippen LogP contribution >= 0.6 is 0 Å². The van der Waals surface area contributed by atoms with Crippen molar-refractivity contribution in [1.82, 2.24) is 9.97 Å². The van der Waals surface area contributed by atoms with Gasteiger partial charge in [0.1, 0.15) is 23.0 Å². The predicted octanol–water partition coefficient (Wildman–Crippen LogP) is 3.26. The van der Waals surface area contributed by atoms with Crippen molar-refractivity contribution >= 4 is 26.7 Å². The maximum Gasteiger partial charge on any atom is 0.227 e. The first-order valence-corrected chi connectivity index (χ1v) is 11.5. The number of ether oxygens (including phenoxy) is 2. The van der Waals surface area contributed by atoms with Crippen LogP contribution in [0, 0.1) is 11.6 Å². The van der Waals surface area contributed by atoms with Crippen LogP contribution in [0.25, 0.3) is 11.3 Å². The molecule has 0 aliphatic carbocycles. The lowest BCUT2D eigenvalue weighted by Crippen LogP contribution is -2.13. The van der Waals surface area contributed by atoms with E-state index in [9.17, 15) is 13.0 Å². The minimum Gasteiger partial charge on any atom is -0.493 e. The van der Waals surface area contributed by atoms with Crippen molar-refractivity contribution in [1.29, 1.82) is 0 Å². The molecule has 1 aliphatic rings. The van der Waals surface area contributed by atoms with Crippen LogP contribution in [0.4, 0.5) is 20.4 Å². The fourth-order valence-electron chi connectivity index (χ4n) is 3.10. The van der Waals surface area contributed by atoms with Crippen LogP contribution in [0.3, 0.4) is 0 Å². The minimum atomic E-state index is -2.64. The maximum atomic E-state index is 14.5. The van der Waals surface area contributed by atoms with Crippen LogP contribution < -0.4 is 19.9 Å². The molecule has 162 valence electrons. The Labute approximate surface area is 178 Å². The van der Waals surface area contributed by atoms with Crippen molar-refractivity contribution in [3.63, 3.8) is 0 Å². The topological polar surface area (TPSA) is 99.4 Å². The molecule has 3 aromatic rings. The van der Waals surface area contributed by atoms with E-state index in [1.54, 1.807) is 18.2 Å². The van der Waals surface area contributed by atoms with Crippen molar-refractivity contribution < 1.29 is 22.5 Å². The zero-order chi connectivity index (χ0) is 22.0. The van der Waals surface area contributed by atoms with Crippen LogP contribution in [0.5, 0.6) is 11.5 Å². The van der Waals surface area contributed by atoms with E-state index in [1.807, 2.05) is 0 Å². The number of nitrogens with two attached hydrogens (primary N) is 1. The number of hydrogen-bond donors (Lipinski definition) is 2. The fraction of sp³-hybridized carbons (Fsp3) is 0.190. The number of nitrogens with zero attached hydrogens (tertiary/aromatic N) is 2. The molecule has 0 saturated carbocycles. The monoisotopic (exact) mass is 446 g/mol. The molecule has 1 atom stereocenters. The van der Waals surface area contributed by atoms with Gasteiger partial charge in [0, 0.05) is 51.1 Å². The average molecular weight is 446 g/mol. The molecule has 0 saturated heterocycles. The summed E-state index contributed by atoms with van der Waals surface area (Å²) in [5.74, 6) is -0.386. The van der Waals surface area contributed by atoms with E-state index in [1.165, 1.54) is 29.8 Å². The minimum absolute atomic E-state index is 0.0257. The van der Waals surface area contributed by atoms with Crippen LogP contribution in [0.15, 0.2) is 42.6 Å². The number of rotatable bonds is 1. The number of aromatic nitrogens is 2. The Hall–Kier alpha value is -3.24. The molecule has 31 heavy (non-hydrogen) atoms. The highest BCUT2D eigenvalue weighted by molar-refractivity contribution is 7.98. The largest absolute Gasteiger partial charge is 0.493 e. The van der Waals surface area contributed by atoms with E-state index < -0.39 is 21.3 Å². The standard InChI is InChI=1S/C21H20F2N4O3S/c1-31(24,28)12-13-7-15-10-16(8-13)29-5-2-6-30-19-9-14(22)3-4-17(19)20-18(23)11-25-21(26-15)27-20/h3-4,7-12H,2,5-6H2,1H3,(H2,24,28)(H,25,26,27). The van der Waals surface area contributed by atoms with Crippen molar-refractivity contribution in [3.05, 3.63) is 59.8 Å². The van der Waals surface area contributed by atoms with Gasteiger partial charge in [-0.15, -0.1) is 0 Å². The second kappa shape index (κ2) is 8.48. The highest BCUT2D eigenvalue weighted by atomic mass is 32.2. The van der Waals surface area contributed by atoms with Gasteiger partial charge < -0.3 is 14.8 Å². The summed E-state index contributed by atoms with van der Waals surface area (Å²) in [7, 11) is -2.64. The lowest BCUT2D eigenvalue weighted by molar-refractivity contribution is 0.247. The first-order chi connectivity index (χ1) is 14.8. The Morgan fingerprint density at radius 1 is 1.16 bits per heavy atom. The molecular weight excluding hydrogens is 426 g/mol. The first kappa shape index (κ1) is 21.0. The van der Waals surface area contributed by atoms with Crippen molar-refractivity contribution in [3.8, 4) is 22.8 Å². The third-order valence-corrected chi connectivity index (χ3v) is 5.05. The fourth-order valence-corrected chi connectivity index (χ4v) is 3.78. The van der Waals surface area contributed by atoms with Crippen LogP contribution in [0.2, 0.25) is 0 Å². The van der Waals surface area contributed by atoms with Crippen molar-refractivity contribution in [2.24, 2.45) is 5.14 Å². The number of hydrogen-bond acceptors (Lipinski definition) is 6. The number of halogens is 2. The normalized spacial score (nSPS) is 15.2. The van der Waals surface area contributed by atoms with Gasteiger partial charge in [-0.3, -0.25) is 9.35 Å². The molecule has 0 fully saturated rings.